The molecule has 0 aliphatic heterocycles. The van der Waals surface area contributed by atoms with Crippen molar-refractivity contribution in [2.75, 3.05) is 18.9 Å². The molecule has 0 aromatic rings. The van der Waals surface area contributed by atoms with Crippen molar-refractivity contribution in [1.29, 1.82) is 0 Å². The van der Waals surface area contributed by atoms with E-state index in [1.807, 2.05) is 6.26 Å². The van der Waals surface area contributed by atoms with Gasteiger partial charge in [0.05, 0.1) is 5.49 Å². The fourth-order valence-corrected chi connectivity index (χ4v) is 1.59. The summed E-state index contributed by atoms with van der Waals surface area (Å²) in [5.41, 5.74) is 0.640. The van der Waals surface area contributed by atoms with Crippen LogP contribution in [0.5, 0.6) is 0 Å². The maximum absolute atomic E-state index is 10.4. The maximum atomic E-state index is 10.4. The molecule has 0 radical (unpaired) electrons. The minimum atomic E-state index is -1.67. The van der Waals surface area contributed by atoms with Crippen LogP contribution in [0.25, 0.3) is 0 Å². The Labute approximate surface area is 48.5 Å². The van der Waals surface area contributed by atoms with Crippen LogP contribution >= 0.6 is 19.8 Å². The number of hydrogen-bond acceptors (Lipinski definition) is 3. The van der Waals surface area contributed by atoms with Gasteiger partial charge in [0.15, 0.2) is 0 Å². The summed E-state index contributed by atoms with van der Waals surface area (Å²) in [5.74, 6) is 0. The molecule has 0 saturated heterocycles. The third kappa shape index (κ3) is 4.39. The van der Waals surface area contributed by atoms with Crippen LogP contribution in [-0.2, 0) is 9.09 Å². The summed E-state index contributed by atoms with van der Waals surface area (Å²) >= 11 is 1.54. The first-order valence-corrected chi connectivity index (χ1v) is 4.78. The zero-order chi connectivity index (χ0) is 5.70. The van der Waals surface area contributed by atoms with E-state index in [4.69, 9.17) is 0 Å². The molecule has 0 aliphatic rings. The minimum Gasteiger partial charge on any atom is -0.333 e. The number of thioether (sulfide) groups is 1. The molecular weight excluding hydrogens is 131 g/mol. The van der Waals surface area contributed by atoms with Crippen LogP contribution in [-0.4, -0.2) is 18.9 Å². The van der Waals surface area contributed by atoms with Crippen LogP contribution < -0.4 is 0 Å². The van der Waals surface area contributed by atoms with Gasteiger partial charge in [-0.1, -0.05) is 0 Å². The van der Waals surface area contributed by atoms with Crippen molar-refractivity contribution in [3.8, 4) is 0 Å². The second-order valence-electron chi connectivity index (χ2n) is 1.01. The molecule has 0 spiro atoms. The third-order valence-electron chi connectivity index (χ3n) is 0.490. The summed E-state index contributed by atoms with van der Waals surface area (Å²) in [6.45, 7) is 0. The molecule has 2 nitrogen and oxygen atoms in total. The lowest BCUT2D eigenvalue weighted by Crippen LogP contribution is -1.68. The van der Waals surface area contributed by atoms with Crippen molar-refractivity contribution in [3.63, 3.8) is 0 Å². The topological polar surface area (TPSA) is 26.3 Å². The van der Waals surface area contributed by atoms with Crippen molar-refractivity contribution >= 4 is 19.8 Å². The Morgan fingerprint density at radius 3 is 2.57 bits per heavy atom. The highest BCUT2D eigenvalue weighted by Crippen LogP contribution is 2.24. The highest BCUT2D eigenvalue weighted by atomic mass is 32.2. The summed E-state index contributed by atoms with van der Waals surface area (Å²) in [6.07, 6.45) is 1.90. The van der Waals surface area contributed by atoms with Crippen molar-refractivity contribution in [2.24, 2.45) is 0 Å². The van der Waals surface area contributed by atoms with E-state index in [1.54, 1.807) is 11.8 Å². The molecule has 0 fully saturated rings. The van der Waals surface area contributed by atoms with Crippen molar-refractivity contribution in [3.05, 3.63) is 0 Å². The normalized spacial score (nSPS) is 14.0. The van der Waals surface area contributed by atoms with Crippen molar-refractivity contribution in [2.45, 2.75) is 0 Å². The van der Waals surface area contributed by atoms with Crippen molar-refractivity contribution in [1.82, 2.24) is 0 Å². The van der Waals surface area contributed by atoms with Gasteiger partial charge in [-0.05, 0) is 6.26 Å². The Kier molecular flexibility index (Phi) is 5.05. The molecule has 0 aromatic carbocycles. The molecule has 7 heavy (non-hydrogen) atoms. The van der Waals surface area contributed by atoms with Crippen LogP contribution in [0.4, 0.5) is 0 Å². The Balaban J connectivity index is 3.00. The molecule has 1 unspecified atom stereocenters. The largest absolute Gasteiger partial charge is 0.333 e. The fourth-order valence-electron chi connectivity index (χ4n) is 0.177. The predicted molar refractivity (Wildman–Crippen MR) is 34.4 cm³/mol. The monoisotopic (exact) mass is 140 g/mol. The quantitative estimate of drug-likeness (QED) is 0.554. The lowest BCUT2D eigenvalue weighted by molar-refractivity contribution is 0.418. The van der Waals surface area contributed by atoms with Gasteiger partial charge in [-0.3, -0.25) is 4.57 Å². The lowest BCUT2D eigenvalue weighted by atomic mass is 11.8. The average Bonchev–Trinajstić information content (AvgIpc) is 1.68. The second kappa shape index (κ2) is 4.69. The molecule has 0 saturated carbocycles. The first-order chi connectivity index (χ1) is 3.31. The zero-order valence-electron chi connectivity index (χ0n) is 4.43. The molecule has 0 heterocycles. The Morgan fingerprint density at radius 1 is 1.86 bits per heavy atom. The first-order valence-electron chi connectivity index (χ1n) is 1.87. The lowest BCUT2D eigenvalue weighted by Gasteiger charge is -1.91. The number of rotatable bonds is 3. The van der Waals surface area contributed by atoms with Gasteiger partial charge in [-0.25, -0.2) is 0 Å². The van der Waals surface area contributed by atoms with E-state index in [-0.39, 0.29) is 0 Å². The molecule has 0 rings (SSSR count). The van der Waals surface area contributed by atoms with Crippen LogP contribution in [0.15, 0.2) is 0 Å². The molecule has 0 N–H and O–H groups in total. The van der Waals surface area contributed by atoms with E-state index in [0.29, 0.717) is 5.49 Å². The van der Waals surface area contributed by atoms with Gasteiger partial charge in [0.2, 0.25) is 8.03 Å². The Bertz CT molecular complexity index is 66.0. The van der Waals surface area contributed by atoms with Crippen molar-refractivity contribution < 1.29 is 9.09 Å². The molecule has 44 valence electrons. The molecule has 0 aliphatic carbocycles. The summed E-state index contributed by atoms with van der Waals surface area (Å²) in [6, 6.07) is 0. The second-order valence-corrected chi connectivity index (χ2v) is 3.89. The van der Waals surface area contributed by atoms with Crippen LogP contribution in [0.3, 0.4) is 0 Å². The highest BCUT2D eigenvalue weighted by Gasteiger charge is 1.89. The van der Waals surface area contributed by atoms with Crippen LogP contribution in [0.1, 0.15) is 0 Å². The summed E-state index contributed by atoms with van der Waals surface area (Å²) in [7, 11) is -0.197. The Hall–Kier alpha value is 0.540. The average molecular weight is 140 g/mol. The SMILES string of the molecule is CO[PH](=O)CSC. The van der Waals surface area contributed by atoms with Gasteiger partial charge in [0.25, 0.3) is 0 Å². The minimum absolute atomic E-state index is 0.640. The van der Waals surface area contributed by atoms with E-state index in [2.05, 4.69) is 4.52 Å². The van der Waals surface area contributed by atoms with Gasteiger partial charge in [0, 0.05) is 7.11 Å². The van der Waals surface area contributed by atoms with Crippen LogP contribution in [0.2, 0.25) is 0 Å². The first kappa shape index (κ1) is 7.54. The van der Waals surface area contributed by atoms with Gasteiger partial charge in [-0.15, -0.1) is 0 Å². The molecule has 0 bridgehead atoms. The zero-order valence-corrected chi connectivity index (χ0v) is 6.25. The third-order valence-corrected chi connectivity index (χ3v) is 3.04. The molecule has 1 atom stereocenters. The smallest absolute Gasteiger partial charge is 0.200 e. The maximum Gasteiger partial charge on any atom is 0.200 e. The molecule has 0 aromatic heterocycles. The van der Waals surface area contributed by atoms with Gasteiger partial charge < -0.3 is 4.52 Å². The van der Waals surface area contributed by atoms with Gasteiger partial charge in [-0.2, -0.15) is 11.8 Å². The van der Waals surface area contributed by atoms with E-state index in [0.717, 1.165) is 0 Å². The number of hydrogen-bond donors (Lipinski definition) is 0. The predicted octanol–water partition coefficient (Wildman–Crippen LogP) is 1.43. The summed E-state index contributed by atoms with van der Waals surface area (Å²) in [5, 5.41) is 0. The van der Waals surface area contributed by atoms with E-state index >= 15 is 0 Å². The molecular formula is C3H9O2PS. The summed E-state index contributed by atoms with van der Waals surface area (Å²) in [4.78, 5) is 0. The highest BCUT2D eigenvalue weighted by molar-refractivity contribution is 8.02. The van der Waals surface area contributed by atoms with Gasteiger partial charge in [0.1, 0.15) is 0 Å². The molecule has 4 heteroatoms. The standard InChI is InChI=1S/C3H9O2PS/c1-5-6(4)3-7-2/h6H,3H2,1-2H3. The van der Waals surface area contributed by atoms with E-state index < -0.39 is 8.03 Å². The van der Waals surface area contributed by atoms with Gasteiger partial charge >= 0.3 is 0 Å². The summed E-state index contributed by atoms with van der Waals surface area (Å²) < 4.78 is 14.9. The van der Waals surface area contributed by atoms with E-state index in [9.17, 15) is 4.57 Å². The molecule has 0 amide bonds. The Morgan fingerprint density at radius 2 is 2.43 bits per heavy atom. The van der Waals surface area contributed by atoms with Crippen LogP contribution in [0, 0.1) is 0 Å². The fraction of sp³-hybridized carbons (Fsp3) is 1.00. The van der Waals surface area contributed by atoms with E-state index in [1.165, 1.54) is 7.11 Å².